The number of benzene rings is 1. The molecular formula is C11H9NO2S. The van der Waals surface area contributed by atoms with Gasteiger partial charge in [0, 0.05) is 17.5 Å². The van der Waals surface area contributed by atoms with Gasteiger partial charge in [0.05, 0.1) is 11.1 Å². The zero-order valence-electron chi connectivity index (χ0n) is 7.88. The Bertz CT molecular complexity index is 448. The number of aromatic carboxylic acids is 1. The lowest BCUT2D eigenvalue weighted by molar-refractivity contribution is 0.0697. The van der Waals surface area contributed by atoms with Crippen molar-refractivity contribution in [3.05, 3.63) is 52.0 Å². The first kappa shape index (κ1) is 9.86. The van der Waals surface area contributed by atoms with E-state index >= 15 is 0 Å². The molecule has 0 saturated heterocycles. The Hall–Kier alpha value is -1.68. The largest absolute Gasteiger partial charge is 0.478 e. The summed E-state index contributed by atoms with van der Waals surface area (Å²) in [5.74, 6) is -0.889. The fourth-order valence-corrected chi connectivity index (χ4v) is 1.92. The molecule has 0 bridgehead atoms. The van der Waals surface area contributed by atoms with Gasteiger partial charge in [-0.25, -0.2) is 4.79 Å². The molecule has 0 atom stereocenters. The topological polar surface area (TPSA) is 50.2 Å². The molecule has 2 rings (SSSR count). The fourth-order valence-electron chi connectivity index (χ4n) is 1.30. The first-order valence-electron chi connectivity index (χ1n) is 4.45. The van der Waals surface area contributed by atoms with Crippen LogP contribution in [0.15, 0.2) is 36.0 Å². The van der Waals surface area contributed by atoms with Gasteiger partial charge in [-0.15, -0.1) is 11.3 Å². The molecule has 1 N–H and O–H groups in total. The molecule has 3 nitrogen and oxygen atoms in total. The summed E-state index contributed by atoms with van der Waals surface area (Å²) in [6, 6.07) is 6.92. The molecule has 4 heteroatoms. The molecule has 0 saturated carbocycles. The summed E-state index contributed by atoms with van der Waals surface area (Å²) in [6.07, 6.45) is 2.64. The second kappa shape index (κ2) is 4.23. The van der Waals surface area contributed by atoms with Gasteiger partial charge in [-0.2, -0.15) is 0 Å². The van der Waals surface area contributed by atoms with Crippen molar-refractivity contribution < 1.29 is 9.90 Å². The van der Waals surface area contributed by atoms with E-state index in [1.807, 2.05) is 18.3 Å². The van der Waals surface area contributed by atoms with E-state index in [0.29, 0.717) is 5.56 Å². The first-order valence-corrected chi connectivity index (χ1v) is 5.33. The van der Waals surface area contributed by atoms with Crippen molar-refractivity contribution in [2.75, 3.05) is 0 Å². The van der Waals surface area contributed by atoms with Crippen LogP contribution in [0.1, 0.15) is 20.8 Å². The van der Waals surface area contributed by atoms with Crippen molar-refractivity contribution >= 4 is 17.3 Å². The van der Waals surface area contributed by atoms with Gasteiger partial charge in [0.15, 0.2) is 0 Å². The molecule has 0 fully saturated rings. The Morgan fingerprint density at radius 1 is 1.33 bits per heavy atom. The summed E-state index contributed by atoms with van der Waals surface area (Å²) in [5.41, 5.74) is 3.22. The standard InChI is InChI=1S/C11H9NO2S/c13-11(14)9-3-1-8(2-4-9)5-10-6-12-7-15-10/h1-4,6-7H,5H2,(H,13,14). The van der Waals surface area contributed by atoms with Gasteiger partial charge >= 0.3 is 5.97 Å². The van der Waals surface area contributed by atoms with E-state index in [2.05, 4.69) is 4.98 Å². The van der Waals surface area contributed by atoms with Crippen molar-refractivity contribution in [3.8, 4) is 0 Å². The van der Waals surface area contributed by atoms with E-state index < -0.39 is 5.97 Å². The molecule has 1 aromatic carbocycles. The predicted molar refractivity (Wildman–Crippen MR) is 58.3 cm³/mol. The van der Waals surface area contributed by atoms with Crippen LogP contribution in [0.25, 0.3) is 0 Å². The second-order valence-corrected chi connectivity index (χ2v) is 4.12. The number of hydrogen-bond donors (Lipinski definition) is 1. The van der Waals surface area contributed by atoms with Crippen LogP contribution in [0, 0.1) is 0 Å². The molecule has 0 aliphatic heterocycles. The highest BCUT2D eigenvalue weighted by Gasteiger charge is 2.02. The summed E-state index contributed by atoms with van der Waals surface area (Å²) in [6.45, 7) is 0. The normalized spacial score (nSPS) is 10.1. The second-order valence-electron chi connectivity index (χ2n) is 3.15. The van der Waals surface area contributed by atoms with Crippen LogP contribution >= 0.6 is 11.3 Å². The third kappa shape index (κ3) is 2.41. The van der Waals surface area contributed by atoms with Crippen molar-refractivity contribution in [2.24, 2.45) is 0 Å². The number of nitrogens with zero attached hydrogens (tertiary/aromatic N) is 1. The lowest BCUT2D eigenvalue weighted by atomic mass is 10.1. The Morgan fingerprint density at radius 2 is 2.07 bits per heavy atom. The lowest BCUT2D eigenvalue weighted by Gasteiger charge is -1.99. The SMILES string of the molecule is O=C(O)c1ccc(Cc2cncs2)cc1. The van der Waals surface area contributed by atoms with Crippen LogP contribution in [-0.4, -0.2) is 16.1 Å². The molecule has 2 aromatic rings. The molecule has 15 heavy (non-hydrogen) atoms. The number of carbonyl (C=O) groups is 1. The Morgan fingerprint density at radius 3 is 2.60 bits per heavy atom. The molecule has 1 aromatic heterocycles. The Labute approximate surface area is 91.0 Å². The summed E-state index contributed by atoms with van der Waals surface area (Å²) < 4.78 is 0. The van der Waals surface area contributed by atoms with E-state index in [-0.39, 0.29) is 0 Å². The zero-order valence-corrected chi connectivity index (χ0v) is 8.70. The number of carboxylic acids is 1. The minimum Gasteiger partial charge on any atom is -0.478 e. The molecule has 0 aliphatic carbocycles. The quantitative estimate of drug-likeness (QED) is 0.862. The third-order valence-corrected chi connectivity index (χ3v) is 2.84. The maximum atomic E-state index is 10.6. The predicted octanol–water partition coefficient (Wildman–Crippen LogP) is 2.43. The maximum Gasteiger partial charge on any atom is 0.335 e. The monoisotopic (exact) mass is 219 g/mol. The average molecular weight is 219 g/mol. The van der Waals surface area contributed by atoms with Crippen molar-refractivity contribution in [1.82, 2.24) is 4.98 Å². The minimum absolute atomic E-state index is 0.322. The summed E-state index contributed by atoms with van der Waals surface area (Å²) in [4.78, 5) is 15.8. The average Bonchev–Trinajstić information content (AvgIpc) is 2.71. The van der Waals surface area contributed by atoms with Gasteiger partial charge < -0.3 is 5.11 Å². The molecule has 0 radical (unpaired) electrons. The molecule has 0 aliphatic rings. The van der Waals surface area contributed by atoms with E-state index in [1.54, 1.807) is 29.0 Å². The zero-order chi connectivity index (χ0) is 10.7. The third-order valence-electron chi connectivity index (χ3n) is 2.06. The van der Waals surface area contributed by atoms with Gasteiger partial charge in [-0.3, -0.25) is 4.98 Å². The number of rotatable bonds is 3. The van der Waals surface area contributed by atoms with Crippen LogP contribution in [0.4, 0.5) is 0 Å². The van der Waals surface area contributed by atoms with Crippen LogP contribution < -0.4 is 0 Å². The summed E-state index contributed by atoms with van der Waals surface area (Å²) in [7, 11) is 0. The number of carboxylic acid groups (broad SMARTS) is 1. The van der Waals surface area contributed by atoms with Gasteiger partial charge in [-0.1, -0.05) is 12.1 Å². The van der Waals surface area contributed by atoms with E-state index in [9.17, 15) is 4.79 Å². The number of hydrogen-bond acceptors (Lipinski definition) is 3. The molecule has 0 amide bonds. The van der Waals surface area contributed by atoms with Gasteiger partial charge in [-0.05, 0) is 17.7 Å². The van der Waals surface area contributed by atoms with Crippen molar-refractivity contribution in [3.63, 3.8) is 0 Å². The van der Waals surface area contributed by atoms with Crippen molar-refractivity contribution in [2.45, 2.75) is 6.42 Å². The molecule has 76 valence electrons. The van der Waals surface area contributed by atoms with E-state index in [0.717, 1.165) is 12.0 Å². The van der Waals surface area contributed by atoms with Crippen LogP contribution in [0.2, 0.25) is 0 Å². The molecule has 1 heterocycles. The number of thiazole rings is 1. The Kier molecular flexibility index (Phi) is 2.78. The smallest absolute Gasteiger partial charge is 0.335 e. The first-order chi connectivity index (χ1) is 7.25. The highest BCUT2D eigenvalue weighted by atomic mass is 32.1. The summed E-state index contributed by atoms with van der Waals surface area (Å²) in [5, 5.41) is 8.72. The minimum atomic E-state index is -0.889. The van der Waals surface area contributed by atoms with Crippen molar-refractivity contribution in [1.29, 1.82) is 0 Å². The highest BCUT2D eigenvalue weighted by molar-refractivity contribution is 7.09. The van der Waals surface area contributed by atoms with E-state index in [4.69, 9.17) is 5.11 Å². The van der Waals surface area contributed by atoms with Crippen LogP contribution in [0.5, 0.6) is 0 Å². The van der Waals surface area contributed by atoms with Gasteiger partial charge in [0.25, 0.3) is 0 Å². The number of aromatic nitrogens is 1. The van der Waals surface area contributed by atoms with Crippen LogP contribution in [0.3, 0.4) is 0 Å². The van der Waals surface area contributed by atoms with Crippen LogP contribution in [-0.2, 0) is 6.42 Å². The molecular weight excluding hydrogens is 210 g/mol. The lowest BCUT2D eigenvalue weighted by Crippen LogP contribution is -1.96. The van der Waals surface area contributed by atoms with Gasteiger partial charge in [0.2, 0.25) is 0 Å². The van der Waals surface area contributed by atoms with Gasteiger partial charge in [0.1, 0.15) is 0 Å². The highest BCUT2D eigenvalue weighted by Crippen LogP contribution is 2.13. The fraction of sp³-hybridized carbons (Fsp3) is 0.0909. The van der Waals surface area contributed by atoms with E-state index in [1.165, 1.54) is 4.88 Å². The Balaban J connectivity index is 2.14. The summed E-state index contributed by atoms with van der Waals surface area (Å²) >= 11 is 1.60. The molecule has 0 unspecified atom stereocenters. The molecule has 0 spiro atoms. The maximum absolute atomic E-state index is 10.6.